The molecular formula is C42H49F4N3O7. The molecule has 56 heavy (non-hydrogen) atoms. The van der Waals surface area contributed by atoms with Gasteiger partial charge in [0, 0.05) is 23.9 Å². The summed E-state index contributed by atoms with van der Waals surface area (Å²) >= 11 is 0. The van der Waals surface area contributed by atoms with Crippen LogP contribution in [0.1, 0.15) is 95.3 Å². The molecule has 0 spiro atoms. The third-order valence-corrected chi connectivity index (χ3v) is 8.82. The molecule has 14 heteroatoms. The fourth-order valence-electron chi connectivity index (χ4n) is 6.14. The summed E-state index contributed by atoms with van der Waals surface area (Å²) < 4.78 is 76.6. The molecule has 1 aromatic heterocycles. The predicted molar refractivity (Wildman–Crippen MR) is 204 cm³/mol. The molecule has 302 valence electrons. The van der Waals surface area contributed by atoms with Crippen LogP contribution in [0.15, 0.2) is 76.3 Å². The van der Waals surface area contributed by atoms with E-state index in [-0.39, 0.29) is 28.5 Å². The van der Waals surface area contributed by atoms with Crippen molar-refractivity contribution in [2.75, 3.05) is 13.7 Å². The summed E-state index contributed by atoms with van der Waals surface area (Å²) in [6.45, 7) is 13.4. The summed E-state index contributed by atoms with van der Waals surface area (Å²) in [5, 5.41) is 0. The van der Waals surface area contributed by atoms with Gasteiger partial charge in [-0.15, -0.1) is 0 Å². The molecule has 0 aliphatic heterocycles. The summed E-state index contributed by atoms with van der Waals surface area (Å²) in [4.78, 5) is 56.7. The van der Waals surface area contributed by atoms with Gasteiger partial charge in [-0.25, -0.2) is 18.8 Å². The van der Waals surface area contributed by atoms with Crippen LogP contribution in [0.2, 0.25) is 0 Å². The molecule has 1 unspecified atom stereocenters. The second-order valence-corrected chi connectivity index (χ2v) is 15.8. The Morgan fingerprint density at radius 2 is 1.46 bits per heavy atom. The smallest absolute Gasteiger partial charge is 0.416 e. The average molecular weight is 784 g/mol. The first-order valence-corrected chi connectivity index (χ1v) is 18.1. The standard InChI is InChI=1S/C42H49F4N3O7/c1-25(2)27-15-13-16-28(21-27)36-26(3)48(22-30-31(42(44,45)46)18-14-19-32(30)43)38(52)49(37(36)51)23-33(47(10)39(53)56-41(7,8)9)29-17-11-12-20-34(29)54-24-35(50)55-40(4,5)6/h11-21,25,33H,22-24H2,1-10H3. The van der Waals surface area contributed by atoms with E-state index in [1.54, 1.807) is 77.9 Å². The number of likely N-dealkylation sites (N-methyl/N-ethyl adjacent to an activating group) is 1. The summed E-state index contributed by atoms with van der Waals surface area (Å²) in [5.74, 6) is -1.72. The van der Waals surface area contributed by atoms with Crippen LogP contribution in [-0.4, -0.2) is 51.0 Å². The molecule has 0 aliphatic rings. The van der Waals surface area contributed by atoms with Crippen LogP contribution < -0.4 is 16.0 Å². The van der Waals surface area contributed by atoms with Crippen LogP contribution in [-0.2, 0) is 33.5 Å². The Bertz CT molecular complexity index is 2190. The van der Waals surface area contributed by atoms with Crippen LogP contribution in [0.3, 0.4) is 0 Å². The Kier molecular flexibility index (Phi) is 13.0. The van der Waals surface area contributed by atoms with Crippen molar-refractivity contribution in [3.05, 3.63) is 121 Å². The number of esters is 1. The number of ether oxygens (including phenoxy) is 3. The molecule has 0 saturated carbocycles. The zero-order valence-electron chi connectivity index (χ0n) is 33.3. The maximum atomic E-state index is 15.3. The number of aromatic nitrogens is 2. The summed E-state index contributed by atoms with van der Waals surface area (Å²) in [7, 11) is 1.39. The number of halogens is 4. The first kappa shape index (κ1) is 43.3. The monoisotopic (exact) mass is 783 g/mol. The average Bonchev–Trinajstić information content (AvgIpc) is 3.08. The highest BCUT2D eigenvalue weighted by atomic mass is 19.4. The molecule has 0 saturated heterocycles. The van der Waals surface area contributed by atoms with Crippen molar-refractivity contribution in [3.63, 3.8) is 0 Å². The van der Waals surface area contributed by atoms with Crippen molar-refractivity contribution in [1.29, 1.82) is 0 Å². The minimum atomic E-state index is -4.96. The number of hydrogen-bond acceptors (Lipinski definition) is 7. The summed E-state index contributed by atoms with van der Waals surface area (Å²) in [6, 6.07) is 14.7. The highest BCUT2D eigenvalue weighted by Gasteiger charge is 2.36. The highest BCUT2D eigenvalue weighted by Crippen LogP contribution is 2.35. The predicted octanol–water partition coefficient (Wildman–Crippen LogP) is 8.64. The van der Waals surface area contributed by atoms with Gasteiger partial charge >= 0.3 is 23.9 Å². The molecule has 4 aromatic rings. The van der Waals surface area contributed by atoms with E-state index in [4.69, 9.17) is 14.2 Å². The number of carbonyl (C=O) groups excluding carboxylic acids is 2. The molecular weight excluding hydrogens is 734 g/mol. The topological polar surface area (TPSA) is 109 Å². The summed E-state index contributed by atoms with van der Waals surface area (Å²) in [6.07, 6.45) is -5.79. The fraction of sp³-hybridized carbons (Fsp3) is 0.429. The zero-order chi connectivity index (χ0) is 41.9. The van der Waals surface area contributed by atoms with Crippen molar-refractivity contribution < 1.29 is 41.4 Å². The van der Waals surface area contributed by atoms with Gasteiger partial charge in [0.1, 0.15) is 22.8 Å². The maximum Gasteiger partial charge on any atom is 0.416 e. The zero-order valence-corrected chi connectivity index (χ0v) is 33.3. The number of alkyl halides is 3. The van der Waals surface area contributed by atoms with E-state index in [2.05, 4.69) is 0 Å². The van der Waals surface area contributed by atoms with E-state index in [0.717, 1.165) is 37.8 Å². The van der Waals surface area contributed by atoms with Crippen LogP contribution in [0.5, 0.6) is 5.75 Å². The van der Waals surface area contributed by atoms with E-state index in [1.165, 1.54) is 20.0 Å². The molecule has 3 aromatic carbocycles. The summed E-state index contributed by atoms with van der Waals surface area (Å²) in [5.41, 5.74) is -4.20. The van der Waals surface area contributed by atoms with E-state index < -0.39 is 83.4 Å². The number of para-hydroxylation sites is 1. The van der Waals surface area contributed by atoms with E-state index in [0.29, 0.717) is 5.56 Å². The van der Waals surface area contributed by atoms with Crippen LogP contribution in [0.4, 0.5) is 22.4 Å². The number of rotatable bonds is 11. The normalized spacial score (nSPS) is 12.7. The molecule has 0 radical (unpaired) electrons. The van der Waals surface area contributed by atoms with Gasteiger partial charge < -0.3 is 19.1 Å². The lowest BCUT2D eigenvalue weighted by Crippen LogP contribution is -2.46. The number of carbonyl (C=O) groups is 2. The van der Waals surface area contributed by atoms with Crippen LogP contribution in [0.25, 0.3) is 11.1 Å². The van der Waals surface area contributed by atoms with Gasteiger partial charge in [-0.2, -0.15) is 13.2 Å². The van der Waals surface area contributed by atoms with Crippen LogP contribution >= 0.6 is 0 Å². The number of nitrogens with zero attached hydrogens (tertiary/aromatic N) is 3. The largest absolute Gasteiger partial charge is 0.482 e. The maximum absolute atomic E-state index is 15.3. The molecule has 0 N–H and O–H groups in total. The molecule has 0 bridgehead atoms. The third kappa shape index (κ3) is 10.5. The lowest BCUT2D eigenvalue weighted by molar-refractivity contribution is -0.157. The van der Waals surface area contributed by atoms with Crippen molar-refractivity contribution in [3.8, 4) is 16.9 Å². The van der Waals surface area contributed by atoms with Gasteiger partial charge in [-0.05, 0) is 83.7 Å². The quantitative estimate of drug-likeness (QED) is 0.111. The second-order valence-electron chi connectivity index (χ2n) is 15.8. The van der Waals surface area contributed by atoms with Crippen molar-refractivity contribution in [2.45, 2.75) is 105 Å². The molecule has 1 amide bonds. The molecule has 1 atom stereocenters. The first-order valence-electron chi connectivity index (χ1n) is 18.1. The van der Waals surface area contributed by atoms with Gasteiger partial charge in [-0.1, -0.05) is 62.4 Å². The minimum Gasteiger partial charge on any atom is -0.482 e. The van der Waals surface area contributed by atoms with Gasteiger partial charge in [-0.3, -0.25) is 13.9 Å². The number of amides is 1. The molecule has 1 heterocycles. The second kappa shape index (κ2) is 16.8. The lowest BCUT2D eigenvalue weighted by atomic mass is 9.97. The van der Waals surface area contributed by atoms with Gasteiger partial charge in [0.25, 0.3) is 5.56 Å². The molecule has 0 aliphatic carbocycles. The Labute approximate surface area is 323 Å². The fourth-order valence-corrected chi connectivity index (χ4v) is 6.14. The van der Waals surface area contributed by atoms with Crippen LogP contribution in [0, 0.1) is 12.7 Å². The Hall–Kier alpha value is -5.40. The Morgan fingerprint density at radius 1 is 0.839 bits per heavy atom. The van der Waals surface area contributed by atoms with Gasteiger partial charge in [0.15, 0.2) is 6.61 Å². The van der Waals surface area contributed by atoms with E-state index >= 15 is 4.39 Å². The molecule has 10 nitrogen and oxygen atoms in total. The Balaban J connectivity index is 2.01. The Morgan fingerprint density at radius 3 is 2.07 bits per heavy atom. The first-order chi connectivity index (χ1) is 25.9. The van der Waals surface area contributed by atoms with Crippen molar-refractivity contribution in [1.82, 2.24) is 14.0 Å². The highest BCUT2D eigenvalue weighted by molar-refractivity contribution is 5.72. The van der Waals surface area contributed by atoms with E-state index in [9.17, 15) is 32.3 Å². The minimum absolute atomic E-state index is 0.00618. The lowest BCUT2D eigenvalue weighted by Gasteiger charge is -2.32. The number of benzene rings is 3. The molecule has 4 rings (SSSR count). The van der Waals surface area contributed by atoms with E-state index in [1.807, 2.05) is 19.9 Å². The van der Waals surface area contributed by atoms with Gasteiger partial charge in [0.05, 0.1) is 30.3 Å². The van der Waals surface area contributed by atoms with Crippen molar-refractivity contribution in [2.24, 2.45) is 0 Å². The van der Waals surface area contributed by atoms with Gasteiger partial charge in [0.2, 0.25) is 0 Å². The molecule has 0 fully saturated rings. The third-order valence-electron chi connectivity index (χ3n) is 8.82. The van der Waals surface area contributed by atoms with Crippen molar-refractivity contribution >= 4 is 12.1 Å². The number of hydrogen-bond donors (Lipinski definition) is 0. The SMILES string of the molecule is Cc1c(-c2cccc(C(C)C)c2)c(=O)n(CC(c2ccccc2OCC(=O)OC(C)(C)C)N(C)C(=O)OC(C)(C)C)c(=O)n1Cc1c(F)cccc1C(F)(F)F.